The van der Waals surface area contributed by atoms with Crippen LogP contribution in [0.3, 0.4) is 0 Å². The minimum absolute atomic E-state index is 0.239. The standard InChI is InChI=1S/C12H19N3O2S/c1-4-5-6-9(11(16)17-3)18-12-14-8(2)7-10(13)15-12/h7,9H,4-6H2,1-3H3,(H2,13,14,15). The maximum Gasteiger partial charge on any atom is 0.319 e. The van der Waals surface area contributed by atoms with Crippen molar-refractivity contribution in [2.45, 2.75) is 43.5 Å². The van der Waals surface area contributed by atoms with Crippen molar-refractivity contribution in [1.82, 2.24) is 9.97 Å². The molecule has 1 unspecified atom stereocenters. The van der Waals surface area contributed by atoms with E-state index < -0.39 is 0 Å². The molecule has 0 aliphatic carbocycles. The van der Waals surface area contributed by atoms with Crippen LogP contribution in [0, 0.1) is 6.92 Å². The molecule has 0 aliphatic rings. The molecule has 0 saturated carbocycles. The molecule has 5 nitrogen and oxygen atoms in total. The van der Waals surface area contributed by atoms with Crippen LogP contribution in [0.15, 0.2) is 11.2 Å². The largest absolute Gasteiger partial charge is 0.468 e. The van der Waals surface area contributed by atoms with Gasteiger partial charge >= 0.3 is 5.97 Å². The van der Waals surface area contributed by atoms with Gasteiger partial charge < -0.3 is 10.5 Å². The van der Waals surface area contributed by atoms with E-state index in [1.807, 2.05) is 6.92 Å². The third-order valence-corrected chi connectivity index (χ3v) is 3.49. The number of hydrogen-bond acceptors (Lipinski definition) is 6. The van der Waals surface area contributed by atoms with Crippen LogP contribution < -0.4 is 5.73 Å². The number of anilines is 1. The lowest BCUT2D eigenvalue weighted by Crippen LogP contribution is -2.19. The fourth-order valence-electron chi connectivity index (χ4n) is 1.49. The number of esters is 1. The molecule has 0 aromatic carbocycles. The molecule has 0 radical (unpaired) electrons. The normalized spacial score (nSPS) is 12.2. The molecule has 1 aromatic rings. The van der Waals surface area contributed by atoms with Crippen LogP contribution >= 0.6 is 11.8 Å². The molecule has 2 N–H and O–H groups in total. The molecular weight excluding hydrogens is 250 g/mol. The molecule has 0 aliphatic heterocycles. The highest BCUT2D eigenvalue weighted by Gasteiger charge is 2.21. The van der Waals surface area contributed by atoms with E-state index in [1.165, 1.54) is 18.9 Å². The van der Waals surface area contributed by atoms with Crippen molar-refractivity contribution in [3.05, 3.63) is 11.8 Å². The van der Waals surface area contributed by atoms with E-state index >= 15 is 0 Å². The SMILES string of the molecule is CCCCC(Sc1nc(C)cc(N)n1)C(=O)OC. The molecule has 0 amide bonds. The van der Waals surface area contributed by atoms with Crippen molar-refractivity contribution in [3.8, 4) is 0 Å². The predicted octanol–water partition coefficient (Wildman–Crippen LogP) is 2.19. The Hall–Kier alpha value is -1.30. The van der Waals surface area contributed by atoms with Gasteiger partial charge in [0.1, 0.15) is 11.1 Å². The van der Waals surface area contributed by atoms with Crippen molar-refractivity contribution in [1.29, 1.82) is 0 Å². The molecule has 0 saturated heterocycles. The second-order valence-electron chi connectivity index (χ2n) is 3.99. The number of nitrogens with two attached hydrogens (primary N) is 1. The first-order valence-electron chi connectivity index (χ1n) is 5.92. The third kappa shape index (κ3) is 4.52. The number of unbranched alkanes of at least 4 members (excludes halogenated alkanes) is 1. The maximum atomic E-state index is 11.7. The molecule has 1 atom stereocenters. The lowest BCUT2D eigenvalue weighted by atomic mass is 10.2. The number of nitrogen functional groups attached to an aromatic ring is 1. The van der Waals surface area contributed by atoms with Crippen LogP contribution in [0.1, 0.15) is 31.9 Å². The molecular formula is C12H19N3O2S. The van der Waals surface area contributed by atoms with Gasteiger partial charge in [-0.2, -0.15) is 0 Å². The number of aromatic nitrogens is 2. The zero-order chi connectivity index (χ0) is 13.5. The Labute approximate surface area is 112 Å². The first kappa shape index (κ1) is 14.8. The van der Waals surface area contributed by atoms with Crippen molar-refractivity contribution < 1.29 is 9.53 Å². The Morgan fingerprint density at radius 2 is 2.28 bits per heavy atom. The van der Waals surface area contributed by atoms with E-state index in [9.17, 15) is 4.79 Å². The Balaban J connectivity index is 2.78. The number of carbonyl (C=O) groups is 1. The van der Waals surface area contributed by atoms with E-state index in [-0.39, 0.29) is 11.2 Å². The average Bonchev–Trinajstić information content (AvgIpc) is 2.32. The van der Waals surface area contributed by atoms with Gasteiger partial charge in [-0.3, -0.25) is 4.79 Å². The first-order chi connectivity index (χ1) is 8.56. The monoisotopic (exact) mass is 269 g/mol. The highest BCUT2D eigenvalue weighted by Crippen LogP contribution is 2.25. The minimum atomic E-state index is -0.267. The maximum absolute atomic E-state index is 11.7. The fourth-order valence-corrected chi connectivity index (χ4v) is 2.58. The summed E-state index contributed by atoms with van der Waals surface area (Å²) in [7, 11) is 1.40. The summed E-state index contributed by atoms with van der Waals surface area (Å²) < 4.78 is 4.80. The van der Waals surface area contributed by atoms with E-state index in [4.69, 9.17) is 10.5 Å². The molecule has 0 bridgehead atoms. The second-order valence-corrected chi connectivity index (χ2v) is 5.16. The summed E-state index contributed by atoms with van der Waals surface area (Å²) in [4.78, 5) is 20.0. The Bertz CT molecular complexity index is 392. The quantitative estimate of drug-likeness (QED) is 0.484. The Kier molecular flexibility index (Phi) is 5.91. The lowest BCUT2D eigenvalue weighted by molar-refractivity contribution is -0.140. The summed E-state index contributed by atoms with van der Waals surface area (Å²) in [6.45, 7) is 3.93. The number of rotatable bonds is 6. The third-order valence-electron chi connectivity index (χ3n) is 2.39. The average molecular weight is 269 g/mol. The number of methoxy groups -OCH3 is 1. The van der Waals surface area contributed by atoms with Crippen molar-refractivity contribution >= 4 is 23.5 Å². The van der Waals surface area contributed by atoms with E-state index in [2.05, 4.69) is 16.9 Å². The molecule has 0 spiro atoms. The Morgan fingerprint density at radius 3 is 2.83 bits per heavy atom. The number of aryl methyl sites for hydroxylation is 1. The zero-order valence-electron chi connectivity index (χ0n) is 11.0. The topological polar surface area (TPSA) is 78.1 Å². The van der Waals surface area contributed by atoms with Crippen LogP contribution in [-0.2, 0) is 9.53 Å². The molecule has 1 aromatic heterocycles. The predicted molar refractivity (Wildman–Crippen MR) is 72.4 cm³/mol. The van der Waals surface area contributed by atoms with Crippen LogP contribution in [0.5, 0.6) is 0 Å². The van der Waals surface area contributed by atoms with Gasteiger partial charge in [-0.05, 0) is 13.3 Å². The van der Waals surface area contributed by atoms with E-state index in [0.29, 0.717) is 11.0 Å². The molecule has 1 heterocycles. The fraction of sp³-hybridized carbons (Fsp3) is 0.583. The van der Waals surface area contributed by atoms with Crippen LogP contribution in [0.2, 0.25) is 0 Å². The van der Waals surface area contributed by atoms with Crippen LogP contribution in [0.25, 0.3) is 0 Å². The highest BCUT2D eigenvalue weighted by atomic mass is 32.2. The van der Waals surface area contributed by atoms with Gasteiger partial charge in [-0.1, -0.05) is 31.5 Å². The summed E-state index contributed by atoms with van der Waals surface area (Å²) in [6, 6.07) is 1.70. The lowest BCUT2D eigenvalue weighted by Gasteiger charge is -2.13. The summed E-state index contributed by atoms with van der Waals surface area (Å²) >= 11 is 1.31. The van der Waals surface area contributed by atoms with E-state index in [1.54, 1.807) is 6.07 Å². The number of hydrogen-bond donors (Lipinski definition) is 1. The van der Waals surface area contributed by atoms with Gasteiger partial charge in [0.05, 0.1) is 7.11 Å². The van der Waals surface area contributed by atoms with Crippen LogP contribution in [0.4, 0.5) is 5.82 Å². The van der Waals surface area contributed by atoms with Gasteiger partial charge in [0.15, 0.2) is 5.16 Å². The number of nitrogens with zero attached hydrogens (tertiary/aromatic N) is 2. The summed E-state index contributed by atoms with van der Waals surface area (Å²) in [5.74, 6) is 0.182. The summed E-state index contributed by atoms with van der Waals surface area (Å²) in [5, 5.41) is 0.259. The number of carbonyl (C=O) groups excluding carboxylic acids is 1. The molecule has 6 heteroatoms. The highest BCUT2D eigenvalue weighted by molar-refractivity contribution is 8.00. The zero-order valence-corrected chi connectivity index (χ0v) is 11.8. The van der Waals surface area contributed by atoms with Gasteiger partial charge in [-0.15, -0.1) is 0 Å². The first-order valence-corrected chi connectivity index (χ1v) is 6.80. The minimum Gasteiger partial charge on any atom is -0.468 e. The smallest absolute Gasteiger partial charge is 0.319 e. The number of ether oxygens (including phenoxy) is 1. The second kappa shape index (κ2) is 7.20. The van der Waals surface area contributed by atoms with Gasteiger partial charge in [0, 0.05) is 11.8 Å². The number of thioether (sulfide) groups is 1. The molecule has 18 heavy (non-hydrogen) atoms. The Morgan fingerprint density at radius 1 is 1.56 bits per heavy atom. The van der Waals surface area contributed by atoms with Crippen molar-refractivity contribution in [2.24, 2.45) is 0 Å². The summed E-state index contributed by atoms with van der Waals surface area (Å²) in [6.07, 6.45) is 2.75. The molecule has 1 rings (SSSR count). The van der Waals surface area contributed by atoms with Gasteiger partial charge in [-0.25, -0.2) is 9.97 Å². The van der Waals surface area contributed by atoms with Crippen molar-refractivity contribution in [2.75, 3.05) is 12.8 Å². The van der Waals surface area contributed by atoms with Gasteiger partial charge in [0.2, 0.25) is 0 Å². The van der Waals surface area contributed by atoms with Crippen molar-refractivity contribution in [3.63, 3.8) is 0 Å². The molecule has 0 fully saturated rings. The summed E-state index contributed by atoms with van der Waals surface area (Å²) in [5.41, 5.74) is 6.46. The van der Waals surface area contributed by atoms with Gasteiger partial charge in [0.25, 0.3) is 0 Å². The van der Waals surface area contributed by atoms with E-state index in [0.717, 1.165) is 25.0 Å². The molecule has 100 valence electrons. The van der Waals surface area contributed by atoms with Crippen LogP contribution in [-0.4, -0.2) is 28.3 Å².